The Bertz CT molecular complexity index is 1300. The van der Waals surface area contributed by atoms with Gasteiger partial charge < -0.3 is 26.0 Å². The highest BCUT2D eigenvalue weighted by atomic mass is 35.5. The summed E-state index contributed by atoms with van der Waals surface area (Å²) in [6.45, 7) is 16.3. The molecule has 0 aromatic heterocycles. The highest BCUT2D eigenvalue weighted by molar-refractivity contribution is 6.34. The highest BCUT2D eigenvalue weighted by Crippen LogP contribution is 2.35. The number of primary amides is 1. The summed E-state index contributed by atoms with van der Waals surface area (Å²) < 4.78 is 5.40. The van der Waals surface area contributed by atoms with E-state index in [1.807, 2.05) is 39.8 Å². The predicted molar refractivity (Wildman–Crippen MR) is 167 cm³/mol. The molecule has 228 valence electrons. The van der Waals surface area contributed by atoms with Crippen LogP contribution in [0.5, 0.6) is 0 Å². The van der Waals surface area contributed by atoms with Gasteiger partial charge >= 0.3 is 6.09 Å². The fourth-order valence-electron chi connectivity index (χ4n) is 4.36. The third kappa shape index (κ3) is 9.34. The lowest BCUT2D eigenvalue weighted by atomic mass is 9.91. The number of aryl methyl sites for hydroxylation is 1. The molecule has 2 unspecified atom stereocenters. The molecule has 0 aliphatic carbocycles. The number of para-hydroxylation sites is 1. The first-order valence-electron chi connectivity index (χ1n) is 13.9. The number of alkyl carbamates (subject to hydrolysis) is 1. The molecular formula is C32H43ClN4O5. The Labute approximate surface area is 253 Å². The molecule has 10 heteroatoms. The molecule has 4 N–H and O–H groups in total. The molecule has 0 saturated carbocycles. The molecule has 42 heavy (non-hydrogen) atoms. The topological polar surface area (TPSA) is 131 Å². The van der Waals surface area contributed by atoms with Gasteiger partial charge in [-0.3, -0.25) is 14.4 Å². The molecule has 0 heterocycles. The summed E-state index contributed by atoms with van der Waals surface area (Å²) in [6.07, 6.45) is 1.01. The lowest BCUT2D eigenvalue weighted by Gasteiger charge is -2.44. The summed E-state index contributed by atoms with van der Waals surface area (Å²) in [5.41, 5.74) is 6.13. The minimum absolute atomic E-state index is 0.0889. The Morgan fingerprint density at radius 3 is 2.29 bits per heavy atom. The van der Waals surface area contributed by atoms with E-state index >= 15 is 0 Å². The van der Waals surface area contributed by atoms with Crippen LogP contribution in [0, 0.1) is 6.92 Å². The number of benzene rings is 2. The summed E-state index contributed by atoms with van der Waals surface area (Å²) in [5, 5.41) is 5.89. The van der Waals surface area contributed by atoms with Crippen LogP contribution in [-0.2, 0) is 19.1 Å². The van der Waals surface area contributed by atoms with Crippen molar-refractivity contribution < 1.29 is 23.9 Å². The van der Waals surface area contributed by atoms with Crippen molar-refractivity contribution in [3.8, 4) is 0 Å². The monoisotopic (exact) mass is 598 g/mol. The zero-order chi connectivity index (χ0) is 31.8. The van der Waals surface area contributed by atoms with Gasteiger partial charge in [0.1, 0.15) is 17.7 Å². The molecule has 0 fully saturated rings. The van der Waals surface area contributed by atoms with Crippen LogP contribution in [-0.4, -0.2) is 45.9 Å². The second-order valence-electron chi connectivity index (χ2n) is 11.8. The molecule has 0 saturated heterocycles. The summed E-state index contributed by atoms with van der Waals surface area (Å²) in [6, 6.07) is 10.0. The zero-order valence-corrected chi connectivity index (χ0v) is 26.3. The van der Waals surface area contributed by atoms with Crippen molar-refractivity contribution in [1.29, 1.82) is 0 Å². The van der Waals surface area contributed by atoms with Crippen LogP contribution < -0.4 is 16.4 Å². The van der Waals surface area contributed by atoms with Crippen molar-refractivity contribution in [2.45, 2.75) is 91.0 Å². The third-order valence-electron chi connectivity index (χ3n) is 6.86. The Morgan fingerprint density at radius 2 is 1.74 bits per heavy atom. The van der Waals surface area contributed by atoms with Gasteiger partial charge in [-0.1, -0.05) is 61.5 Å². The fourth-order valence-corrected chi connectivity index (χ4v) is 4.63. The molecule has 2 aromatic carbocycles. The highest BCUT2D eigenvalue weighted by Gasteiger charge is 2.43. The van der Waals surface area contributed by atoms with Crippen LogP contribution in [0.3, 0.4) is 0 Å². The number of halogens is 1. The van der Waals surface area contributed by atoms with Crippen molar-refractivity contribution >= 4 is 47.2 Å². The second kappa shape index (κ2) is 14.4. The molecule has 2 rings (SSSR count). The predicted octanol–water partition coefficient (Wildman–Crippen LogP) is 6.15. The van der Waals surface area contributed by atoms with Gasteiger partial charge in [-0.2, -0.15) is 0 Å². The van der Waals surface area contributed by atoms with Crippen LogP contribution in [0.4, 0.5) is 10.5 Å². The molecule has 0 aliphatic rings. The molecule has 0 bridgehead atoms. The molecule has 2 aromatic rings. The number of nitrogens with one attached hydrogen (secondary N) is 2. The average Bonchev–Trinajstić information content (AvgIpc) is 2.90. The lowest BCUT2D eigenvalue weighted by Crippen LogP contribution is -2.59. The molecule has 4 amide bonds. The van der Waals surface area contributed by atoms with E-state index in [2.05, 4.69) is 17.2 Å². The number of nitrogens with zero attached hydrogens (tertiary/aromatic N) is 1. The third-order valence-corrected chi connectivity index (χ3v) is 7.18. The smallest absolute Gasteiger partial charge is 0.408 e. The molecule has 0 radical (unpaired) electrons. The minimum atomic E-state index is -1.21. The maximum absolute atomic E-state index is 14.5. The summed E-state index contributed by atoms with van der Waals surface area (Å²) in [7, 11) is 0. The molecular weight excluding hydrogens is 556 g/mol. The van der Waals surface area contributed by atoms with Crippen LogP contribution in [0.2, 0.25) is 5.02 Å². The van der Waals surface area contributed by atoms with Crippen molar-refractivity contribution in [3.63, 3.8) is 0 Å². The largest absolute Gasteiger partial charge is 0.444 e. The van der Waals surface area contributed by atoms with E-state index in [1.54, 1.807) is 57.2 Å². The fraction of sp³-hybridized carbons (Fsp3) is 0.438. The van der Waals surface area contributed by atoms with E-state index in [-0.39, 0.29) is 12.8 Å². The molecule has 0 aliphatic heterocycles. The number of nitrogens with two attached hydrogens (primary N) is 1. The first-order valence-corrected chi connectivity index (χ1v) is 14.3. The molecule has 2 atom stereocenters. The Hall–Kier alpha value is -3.85. The van der Waals surface area contributed by atoms with Crippen molar-refractivity contribution in [3.05, 3.63) is 70.8 Å². The van der Waals surface area contributed by atoms with Gasteiger partial charge in [-0.25, -0.2) is 4.79 Å². The van der Waals surface area contributed by atoms with Crippen LogP contribution in [0.15, 0.2) is 49.0 Å². The first-order chi connectivity index (χ1) is 19.5. The Kier molecular flexibility index (Phi) is 11.7. The number of carbonyl (C=O) groups is 4. The van der Waals surface area contributed by atoms with Crippen molar-refractivity contribution in [2.75, 3.05) is 5.32 Å². The number of rotatable bonds is 12. The molecule has 9 nitrogen and oxygen atoms in total. The van der Waals surface area contributed by atoms with E-state index in [0.717, 1.165) is 11.1 Å². The van der Waals surface area contributed by atoms with E-state index in [4.69, 9.17) is 22.1 Å². The lowest BCUT2D eigenvalue weighted by molar-refractivity contribution is -0.148. The van der Waals surface area contributed by atoms with Crippen LogP contribution in [0.25, 0.3) is 6.08 Å². The van der Waals surface area contributed by atoms with Crippen LogP contribution >= 0.6 is 11.6 Å². The van der Waals surface area contributed by atoms with E-state index < -0.39 is 47.0 Å². The second-order valence-corrected chi connectivity index (χ2v) is 12.2. The van der Waals surface area contributed by atoms with Gasteiger partial charge in [0.25, 0.3) is 5.91 Å². The number of carbonyl (C=O) groups excluding carboxylic acids is 4. The van der Waals surface area contributed by atoms with Crippen molar-refractivity contribution in [1.82, 2.24) is 10.2 Å². The summed E-state index contributed by atoms with van der Waals surface area (Å²) in [5.74, 6) is -1.72. The van der Waals surface area contributed by atoms with Gasteiger partial charge in [0, 0.05) is 12.0 Å². The number of ether oxygens (including phenoxy) is 1. The van der Waals surface area contributed by atoms with E-state index in [9.17, 15) is 19.2 Å². The zero-order valence-electron chi connectivity index (χ0n) is 25.5. The summed E-state index contributed by atoms with van der Waals surface area (Å²) >= 11 is 6.45. The Morgan fingerprint density at radius 1 is 1.10 bits per heavy atom. The average molecular weight is 599 g/mol. The van der Waals surface area contributed by atoms with Gasteiger partial charge in [0.05, 0.1) is 10.7 Å². The standard InChI is InChI=1S/C32H43ClN4O5/c1-9-21-14-12-15-22(19-21)27(28(39)36-26-20(3)13-11-16-23(26)33)37(32(7,8)10-2)29(40)24(17-18-25(34)38)35-30(41)42-31(4,5)6/h9,11-16,19,24,27H,1,10,17-18H2,2-8H3,(H2,34,38)(H,35,41)(H,36,39). The maximum atomic E-state index is 14.5. The van der Waals surface area contributed by atoms with Crippen molar-refractivity contribution in [2.24, 2.45) is 5.73 Å². The quantitative estimate of drug-likeness (QED) is 0.270. The number of amides is 4. The number of hydrogen-bond acceptors (Lipinski definition) is 5. The van der Waals surface area contributed by atoms with E-state index in [0.29, 0.717) is 22.7 Å². The number of anilines is 1. The minimum Gasteiger partial charge on any atom is -0.444 e. The Balaban J connectivity index is 2.73. The van der Waals surface area contributed by atoms with E-state index in [1.165, 1.54) is 4.90 Å². The van der Waals surface area contributed by atoms with Crippen LogP contribution in [0.1, 0.15) is 83.5 Å². The van der Waals surface area contributed by atoms with Gasteiger partial charge in [0.15, 0.2) is 0 Å². The molecule has 0 spiro atoms. The van der Waals surface area contributed by atoms with Gasteiger partial charge in [-0.15, -0.1) is 0 Å². The van der Waals surface area contributed by atoms with Gasteiger partial charge in [-0.05, 0) is 83.2 Å². The SMILES string of the molecule is C=Cc1cccc(C(C(=O)Nc2c(C)cccc2Cl)N(C(=O)C(CCC(N)=O)NC(=O)OC(C)(C)C)C(C)(C)CC)c1. The maximum Gasteiger partial charge on any atom is 0.408 e. The number of hydrogen-bond donors (Lipinski definition) is 3. The van der Waals surface area contributed by atoms with Gasteiger partial charge in [0.2, 0.25) is 11.8 Å². The summed E-state index contributed by atoms with van der Waals surface area (Å²) in [4.78, 5) is 54.7. The normalized spacial score (nSPS) is 13.0. The first kappa shape index (κ1) is 34.4.